The summed E-state index contributed by atoms with van der Waals surface area (Å²) in [6, 6.07) is 1.78. The number of Topliss-reactive ketones (excluding diaryl/α,β-unsaturated/α-hetero) is 1. The summed E-state index contributed by atoms with van der Waals surface area (Å²) in [6.07, 6.45) is -5.23. The SMILES string of the molecule is COc1cc2c(cc1OC)C(NC(=O)C(F)(F)F)CC2=O. The van der Waals surface area contributed by atoms with E-state index in [1.165, 1.54) is 26.4 Å². The Balaban J connectivity index is 2.36. The number of fused-ring (bicyclic) bond motifs is 1. The number of halogens is 3. The molecule has 8 heteroatoms. The van der Waals surface area contributed by atoms with E-state index in [0.29, 0.717) is 5.75 Å². The van der Waals surface area contributed by atoms with Gasteiger partial charge in [-0.15, -0.1) is 0 Å². The molecule has 114 valence electrons. The van der Waals surface area contributed by atoms with Crippen LogP contribution in [0.1, 0.15) is 28.4 Å². The molecule has 2 rings (SSSR count). The molecule has 1 N–H and O–H groups in total. The first kappa shape index (κ1) is 15.1. The topological polar surface area (TPSA) is 64.6 Å². The number of methoxy groups -OCH3 is 2. The van der Waals surface area contributed by atoms with Crippen LogP contribution in [0.25, 0.3) is 0 Å². The third-order valence-electron chi connectivity index (χ3n) is 3.18. The first-order valence-corrected chi connectivity index (χ1v) is 5.94. The molecule has 0 bridgehead atoms. The lowest BCUT2D eigenvalue weighted by Gasteiger charge is -2.16. The molecule has 0 heterocycles. The number of amides is 1. The largest absolute Gasteiger partial charge is 0.493 e. The Hall–Kier alpha value is -2.25. The Morgan fingerprint density at radius 3 is 2.33 bits per heavy atom. The van der Waals surface area contributed by atoms with Gasteiger partial charge in [0.05, 0.1) is 20.3 Å². The minimum absolute atomic E-state index is 0.222. The predicted molar refractivity (Wildman–Crippen MR) is 65.4 cm³/mol. The fourth-order valence-corrected chi connectivity index (χ4v) is 2.20. The molecule has 21 heavy (non-hydrogen) atoms. The van der Waals surface area contributed by atoms with Crippen LogP contribution in [-0.2, 0) is 4.79 Å². The van der Waals surface area contributed by atoms with Gasteiger partial charge < -0.3 is 14.8 Å². The first-order chi connectivity index (χ1) is 9.77. The lowest BCUT2D eigenvalue weighted by molar-refractivity contribution is -0.174. The fourth-order valence-electron chi connectivity index (χ4n) is 2.20. The van der Waals surface area contributed by atoms with Crippen molar-refractivity contribution in [3.8, 4) is 11.5 Å². The van der Waals surface area contributed by atoms with Gasteiger partial charge in [0.25, 0.3) is 0 Å². The molecule has 0 saturated carbocycles. The van der Waals surface area contributed by atoms with Gasteiger partial charge in [-0.25, -0.2) is 0 Å². The van der Waals surface area contributed by atoms with Gasteiger partial charge in [-0.05, 0) is 17.7 Å². The number of rotatable bonds is 3. The monoisotopic (exact) mass is 303 g/mol. The maximum atomic E-state index is 12.3. The second kappa shape index (κ2) is 5.27. The normalized spacial score (nSPS) is 17.4. The minimum atomic E-state index is -5.00. The molecule has 0 saturated heterocycles. The van der Waals surface area contributed by atoms with Crippen molar-refractivity contribution >= 4 is 11.7 Å². The molecule has 5 nitrogen and oxygen atoms in total. The molecule has 1 atom stereocenters. The highest BCUT2D eigenvalue weighted by molar-refractivity contribution is 6.02. The van der Waals surface area contributed by atoms with Gasteiger partial charge in [-0.2, -0.15) is 13.2 Å². The predicted octanol–water partition coefficient (Wildman–Crippen LogP) is 2.01. The van der Waals surface area contributed by atoms with Crippen molar-refractivity contribution in [1.29, 1.82) is 0 Å². The smallest absolute Gasteiger partial charge is 0.471 e. The summed E-state index contributed by atoms with van der Waals surface area (Å²) in [5, 5.41) is 1.81. The summed E-state index contributed by atoms with van der Waals surface area (Å²) in [7, 11) is 2.75. The molecule has 1 aromatic rings. The van der Waals surface area contributed by atoms with Gasteiger partial charge in [-0.1, -0.05) is 0 Å². The molecule has 1 aliphatic carbocycles. The van der Waals surface area contributed by atoms with Crippen molar-refractivity contribution in [1.82, 2.24) is 5.32 Å². The zero-order chi connectivity index (χ0) is 15.8. The van der Waals surface area contributed by atoms with E-state index in [0.717, 1.165) is 0 Å². The van der Waals surface area contributed by atoms with Crippen molar-refractivity contribution in [2.75, 3.05) is 14.2 Å². The van der Waals surface area contributed by atoms with Gasteiger partial charge in [0.15, 0.2) is 17.3 Å². The Kier molecular flexibility index (Phi) is 3.80. The third-order valence-corrected chi connectivity index (χ3v) is 3.18. The maximum Gasteiger partial charge on any atom is 0.471 e. The van der Waals surface area contributed by atoms with E-state index < -0.39 is 18.1 Å². The molecule has 0 aromatic heterocycles. The molecule has 0 spiro atoms. The van der Waals surface area contributed by atoms with Crippen LogP contribution < -0.4 is 14.8 Å². The molecule has 0 radical (unpaired) electrons. The van der Waals surface area contributed by atoms with Crippen molar-refractivity contribution in [2.45, 2.75) is 18.6 Å². The van der Waals surface area contributed by atoms with Crippen LogP contribution in [-0.4, -0.2) is 32.1 Å². The summed E-state index contributed by atoms with van der Waals surface area (Å²) in [6.45, 7) is 0. The second-order valence-electron chi connectivity index (χ2n) is 4.45. The summed E-state index contributed by atoms with van der Waals surface area (Å²) in [5.74, 6) is -1.87. The van der Waals surface area contributed by atoms with Crippen LogP contribution in [0.3, 0.4) is 0 Å². The number of carbonyl (C=O) groups excluding carboxylic acids is 2. The number of alkyl halides is 3. The highest BCUT2D eigenvalue weighted by Crippen LogP contribution is 2.39. The number of hydrogen-bond donors (Lipinski definition) is 1. The van der Waals surface area contributed by atoms with Gasteiger partial charge in [0.2, 0.25) is 0 Å². The number of ketones is 1. The Morgan fingerprint density at radius 1 is 1.24 bits per heavy atom. The maximum absolute atomic E-state index is 12.3. The lowest BCUT2D eigenvalue weighted by Crippen LogP contribution is -2.38. The van der Waals surface area contributed by atoms with Crippen LogP contribution in [0.5, 0.6) is 11.5 Å². The van der Waals surface area contributed by atoms with E-state index in [4.69, 9.17) is 9.47 Å². The lowest BCUT2D eigenvalue weighted by atomic mass is 10.1. The number of carbonyl (C=O) groups is 2. The van der Waals surface area contributed by atoms with E-state index in [1.807, 2.05) is 5.32 Å². The van der Waals surface area contributed by atoms with Crippen molar-refractivity contribution in [2.24, 2.45) is 0 Å². The standard InChI is InChI=1S/C13H12F3NO4/c1-20-10-3-6-7(4-11(10)21-2)9(18)5-8(6)17-12(19)13(14,15)16/h3-4,8H,5H2,1-2H3,(H,17,19). The average Bonchev–Trinajstić information content (AvgIpc) is 2.72. The number of nitrogens with one attached hydrogen (secondary N) is 1. The van der Waals surface area contributed by atoms with Crippen LogP contribution in [0, 0.1) is 0 Å². The highest BCUT2D eigenvalue weighted by atomic mass is 19.4. The molecule has 1 unspecified atom stereocenters. The van der Waals surface area contributed by atoms with Crippen LogP contribution in [0.4, 0.5) is 13.2 Å². The third kappa shape index (κ3) is 2.79. The van der Waals surface area contributed by atoms with Crippen molar-refractivity contribution in [3.05, 3.63) is 23.3 Å². The Morgan fingerprint density at radius 2 is 1.81 bits per heavy atom. The van der Waals surface area contributed by atoms with E-state index >= 15 is 0 Å². The van der Waals surface area contributed by atoms with E-state index in [-0.39, 0.29) is 29.1 Å². The first-order valence-electron chi connectivity index (χ1n) is 5.94. The van der Waals surface area contributed by atoms with E-state index in [9.17, 15) is 22.8 Å². The summed E-state index contributed by atoms with van der Waals surface area (Å²) < 4.78 is 47.0. The zero-order valence-corrected chi connectivity index (χ0v) is 11.2. The molecule has 1 aliphatic rings. The summed E-state index contributed by atoms with van der Waals surface area (Å²) >= 11 is 0. The van der Waals surface area contributed by atoms with Crippen LogP contribution in [0.2, 0.25) is 0 Å². The van der Waals surface area contributed by atoms with Gasteiger partial charge in [0.1, 0.15) is 0 Å². The minimum Gasteiger partial charge on any atom is -0.493 e. The Labute approximate surface area is 118 Å². The van der Waals surface area contributed by atoms with Gasteiger partial charge in [0, 0.05) is 12.0 Å². The molecule has 1 amide bonds. The fraction of sp³-hybridized carbons (Fsp3) is 0.385. The second-order valence-corrected chi connectivity index (χ2v) is 4.45. The van der Waals surface area contributed by atoms with Crippen LogP contribution in [0.15, 0.2) is 12.1 Å². The molecular weight excluding hydrogens is 291 g/mol. The molecular formula is C13H12F3NO4. The number of ether oxygens (including phenoxy) is 2. The summed E-state index contributed by atoms with van der Waals surface area (Å²) in [4.78, 5) is 22.9. The molecule has 0 fully saturated rings. The average molecular weight is 303 g/mol. The number of benzene rings is 1. The van der Waals surface area contributed by atoms with E-state index in [2.05, 4.69) is 0 Å². The van der Waals surface area contributed by atoms with Gasteiger partial charge in [-0.3, -0.25) is 9.59 Å². The zero-order valence-electron chi connectivity index (χ0n) is 11.2. The molecule has 0 aliphatic heterocycles. The van der Waals surface area contributed by atoms with Crippen LogP contribution >= 0.6 is 0 Å². The highest BCUT2D eigenvalue weighted by Gasteiger charge is 2.42. The summed E-state index contributed by atoms with van der Waals surface area (Å²) in [5.41, 5.74) is 0.510. The Bertz CT molecular complexity index is 598. The van der Waals surface area contributed by atoms with Gasteiger partial charge >= 0.3 is 12.1 Å². The van der Waals surface area contributed by atoms with Crippen molar-refractivity contribution < 1.29 is 32.2 Å². The van der Waals surface area contributed by atoms with Crippen molar-refractivity contribution in [3.63, 3.8) is 0 Å². The quantitative estimate of drug-likeness (QED) is 0.927. The van der Waals surface area contributed by atoms with E-state index in [1.54, 1.807) is 0 Å². The molecule has 1 aromatic carbocycles. The number of hydrogen-bond acceptors (Lipinski definition) is 4.